The summed E-state index contributed by atoms with van der Waals surface area (Å²) in [6.45, 7) is 12.6. The van der Waals surface area contributed by atoms with Gasteiger partial charge in [-0.15, -0.1) is 0 Å². The predicted molar refractivity (Wildman–Crippen MR) is 131 cm³/mol. The number of ether oxygens (including phenoxy) is 1. The van der Waals surface area contributed by atoms with E-state index in [1.807, 2.05) is 52.0 Å². The van der Waals surface area contributed by atoms with Crippen LogP contribution in [-0.2, 0) is 14.3 Å². The van der Waals surface area contributed by atoms with Gasteiger partial charge in [0.05, 0.1) is 6.10 Å². The van der Waals surface area contributed by atoms with Crippen molar-refractivity contribution in [2.45, 2.75) is 52.3 Å². The minimum atomic E-state index is -0.704. The van der Waals surface area contributed by atoms with Crippen LogP contribution >= 0.6 is 0 Å². The van der Waals surface area contributed by atoms with Gasteiger partial charge in [0.1, 0.15) is 18.7 Å². The second-order valence-electron chi connectivity index (χ2n) is 11.3. The Morgan fingerprint density at radius 3 is 2.38 bits per heavy atom. The molecule has 1 N–H and O–H groups in total. The molecule has 34 heavy (non-hydrogen) atoms. The molecule has 186 valence electrons. The highest BCUT2D eigenvalue weighted by Crippen LogP contribution is 2.33. The number of carbonyl (C=O) groups excluding carboxylic acids is 3. The van der Waals surface area contributed by atoms with Crippen molar-refractivity contribution in [3.05, 3.63) is 29.8 Å². The van der Waals surface area contributed by atoms with Gasteiger partial charge in [-0.3, -0.25) is 14.4 Å². The van der Waals surface area contributed by atoms with Gasteiger partial charge in [0.25, 0.3) is 5.91 Å². The Morgan fingerprint density at radius 2 is 1.76 bits per heavy atom. The number of benzene rings is 1. The average Bonchev–Trinajstić information content (AvgIpc) is 3.33. The Balaban J connectivity index is 1.47. The van der Waals surface area contributed by atoms with Crippen molar-refractivity contribution in [2.24, 2.45) is 11.3 Å². The van der Waals surface area contributed by atoms with E-state index in [0.29, 0.717) is 18.5 Å². The number of likely N-dealkylation sites (tertiary alicyclic amines) is 1. The van der Waals surface area contributed by atoms with Gasteiger partial charge >= 0.3 is 0 Å². The number of rotatable bonds is 5. The number of hydrogen-bond donors (Lipinski definition) is 1. The Labute approximate surface area is 202 Å². The smallest absolute Gasteiger partial charge is 0.251 e. The maximum Gasteiger partial charge on any atom is 0.251 e. The summed E-state index contributed by atoms with van der Waals surface area (Å²) in [6.07, 6.45) is 0.235. The molecule has 4 atom stereocenters. The first kappa shape index (κ1) is 24.7. The van der Waals surface area contributed by atoms with Crippen LogP contribution in [0.4, 0.5) is 5.69 Å². The first-order chi connectivity index (χ1) is 16.0. The number of fused-ring (bicyclic) bond motifs is 1. The number of hydrogen-bond acceptors (Lipinski definition) is 6. The molecule has 8 heteroatoms. The van der Waals surface area contributed by atoms with Crippen molar-refractivity contribution in [1.82, 2.24) is 15.1 Å². The summed E-state index contributed by atoms with van der Waals surface area (Å²) in [4.78, 5) is 45.5. The van der Waals surface area contributed by atoms with Crippen molar-refractivity contribution < 1.29 is 19.1 Å². The monoisotopic (exact) mass is 470 g/mol. The fourth-order valence-corrected chi connectivity index (χ4v) is 5.26. The third kappa shape index (κ3) is 5.28. The van der Waals surface area contributed by atoms with Crippen LogP contribution in [0, 0.1) is 11.3 Å². The number of likely N-dealkylation sites (N-methyl/N-ethyl adjacent to an activating group) is 1. The third-order valence-electron chi connectivity index (χ3n) is 7.14. The molecule has 0 spiro atoms. The molecule has 0 saturated carbocycles. The lowest BCUT2D eigenvalue weighted by Crippen LogP contribution is -2.53. The number of nitrogens with zero attached hydrogens (tertiary/aromatic N) is 3. The maximum absolute atomic E-state index is 13.6. The van der Waals surface area contributed by atoms with Gasteiger partial charge in [0.2, 0.25) is 5.91 Å². The molecule has 1 unspecified atom stereocenters. The van der Waals surface area contributed by atoms with Gasteiger partial charge in [0, 0.05) is 49.9 Å². The number of nitrogens with one attached hydrogen (secondary N) is 1. The number of amides is 2. The highest BCUT2D eigenvalue weighted by molar-refractivity contribution is 5.99. The molecule has 3 aliphatic rings. The van der Waals surface area contributed by atoms with Crippen LogP contribution < -0.4 is 10.2 Å². The summed E-state index contributed by atoms with van der Waals surface area (Å²) < 4.78 is 5.64. The molecule has 0 aromatic heterocycles. The summed E-state index contributed by atoms with van der Waals surface area (Å²) in [6, 6.07) is 6.35. The molecule has 3 aliphatic heterocycles. The van der Waals surface area contributed by atoms with E-state index in [-0.39, 0.29) is 41.6 Å². The maximum atomic E-state index is 13.6. The standard InChI is InChI=1S/C26H38N4O4/c1-17-15-30(22-21(31)16-34-23(17)22)25(33)20(14-26(2,3)4)27-24(32)18-6-8-19(9-7-18)29-12-10-28(5)11-13-29/h6-9,17,20,22-23H,10-16H2,1-5H3,(H,27,32)/t17-,20?,22+,23+/m0/s1. The lowest BCUT2D eigenvalue weighted by atomic mass is 9.87. The molecule has 3 heterocycles. The largest absolute Gasteiger partial charge is 0.369 e. The van der Waals surface area contributed by atoms with Crippen molar-refractivity contribution >= 4 is 23.3 Å². The second kappa shape index (κ2) is 9.66. The third-order valence-corrected chi connectivity index (χ3v) is 7.14. The van der Waals surface area contributed by atoms with Crippen LogP contribution in [0.3, 0.4) is 0 Å². The van der Waals surface area contributed by atoms with Gasteiger partial charge in [-0.25, -0.2) is 0 Å². The molecule has 0 aliphatic carbocycles. The normalized spacial score (nSPS) is 26.5. The highest BCUT2D eigenvalue weighted by atomic mass is 16.5. The zero-order valence-electron chi connectivity index (χ0n) is 21.0. The average molecular weight is 471 g/mol. The number of Topliss-reactive ketones (excluding diaryl/α,β-unsaturated/α-hetero) is 1. The van der Waals surface area contributed by atoms with Crippen molar-refractivity contribution in [1.29, 1.82) is 0 Å². The van der Waals surface area contributed by atoms with Gasteiger partial charge in [-0.1, -0.05) is 27.7 Å². The predicted octanol–water partition coefficient (Wildman–Crippen LogP) is 1.79. The van der Waals surface area contributed by atoms with E-state index in [4.69, 9.17) is 4.74 Å². The van der Waals surface area contributed by atoms with Gasteiger partial charge in [-0.2, -0.15) is 0 Å². The summed E-state index contributed by atoms with van der Waals surface area (Å²) >= 11 is 0. The number of ketones is 1. The van der Waals surface area contributed by atoms with Crippen molar-refractivity contribution in [3.63, 3.8) is 0 Å². The highest BCUT2D eigenvalue weighted by Gasteiger charge is 2.51. The van der Waals surface area contributed by atoms with E-state index >= 15 is 0 Å². The van der Waals surface area contributed by atoms with Crippen LogP contribution in [-0.4, -0.2) is 92.0 Å². The molecule has 0 radical (unpaired) electrons. The summed E-state index contributed by atoms with van der Waals surface area (Å²) in [7, 11) is 2.12. The minimum Gasteiger partial charge on any atom is -0.369 e. The van der Waals surface area contributed by atoms with Crippen molar-refractivity contribution in [2.75, 3.05) is 51.3 Å². The van der Waals surface area contributed by atoms with Crippen LogP contribution in [0.5, 0.6) is 0 Å². The van der Waals surface area contributed by atoms with E-state index in [9.17, 15) is 14.4 Å². The molecular formula is C26H38N4O4. The van der Waals surface area contributed by atoms with Crippen LogP contribution in [0.2, 0.25) is 0 Å². The van der Waals surface area contributed by atoms with E-state index in [0.717, 1.165) is 31.9 Å². The lowest BCUT2D eigenvalue weighted by molar-refractivity contribution is -0.138. The first-order valence-electron chi connectivity index (χ1n) is 12.3. The molecule has 2 amide bonds. The number of anilines is 1. The molecule has 3 fully saturated rings. The Bertz CT molecular complexity index is 918. The summed E-state index contributed by atoms with van der Waals surface area (Å²) in [5.74, 6) is -0.433. The Morgan fingerprint density at radius 1 is 1.12 bits per heavy atom. The molecule has 1 aromatic rings. The fraction of sp³-hybridized carbons (Fsp3) is 0.654. The molecule has 8 nitrogen and oxygen atoms in total. The minimum absolute atomic E-state index is 0.0527. The molecule has 3 saturated heterocycles. The second-order valence-corrected chi connectivity index (χ2v) is 11.3. The van der Waals surface area contributed by atoms with Gasteiger partial charge in [-0.05, 0) is 43.1 Å². The van der Waals surface area contributed by atoms with E-state index in [2.05, 4.69) is 22.2 Å². The zero-order valence-corrected chi connectivity index (χ0v) is 21.0. The molecule has 4 rings (SSSR count). The molecule has 1 aromatic carbocycles. The van der Waals surface area contributed by atoms with Gasteiger partial charge < -0.3 is 24.8 Å². The van der Waals surface area contributed by atoms with Gasteiger partial charge in [0.15, 0.2) is 5.78 Å². The number of carbonyl (C=O) groups is 3. The van der Waals surface area contributed by atoms with Crippen LogP contribution in [0.25, 0.3) is 0 Å². The van der Waals surface area contributed by atoms with Crippen LogP contribution in [0.1, 0.15) is 44.5 Å². The lowest BCUT2D eigenvalue weighted by Gasteiger charge is -2.34. The fourth-order valence-electron chi connectivity index (χ4n) is 5.26. The Hall–Kier alpha value is -2.45. The molecule has 0 bridgehead atoms. The molecular weight excluding hydrogens is 432 g/mol. The topological polar surface area (TPSA) is 82.2 Å². The first-order valence-corrected chi connectivity index (χ1v) is 12.3. The zero-order chi connectivity index (χ0) is 24.6. The Kier molecular flexibility index (Phi) is 7.01. The van der Waals surface area contributed by atoms with E-state index in [1.54, 1.807) is 4.90 Å². The summed E-state index contributed by atoms with van der Waals surface area (Å²) in [5.41, 5.74) is 1.45. The SMILES string of the molecule is C[C@H]1CN(C(=O)C(CC(C)(C)C)NC(=O)c2ccc(N3CCN(C)CC3)cc2)[C@@H]2C(=O)CO[C@@H]21. The van der Waals surface area contributed by atoms with E-state index in [1.165, 1.54) is 0 Å². The summed E-state index contributed by atoms with van der Waals surface area (Å²) in [5, 5.41) is 2.98. The quantitative estimate of drug-likeness (QED) is 0.707. The van der Waals surface area contributed by atoms with Crippen molar-refractivity contribution in [3.8, 4) is 0 Å². The van der Waals surface area contributed by atoms with Crippen LogP contribution in [0.15, 0.2) is 24.3 Å². The van der Waals surface area contributed by atoms with E-state index < -0.39 is 12.1 Å². The number of piperazine rings is 1.